The van der Waals surface area contributed by atoms with Crippen LogP contribution in [0.3, 0.4) is 0 Å². The number of nitrogens with one attached hydrogen (secondary N) is 1. The summed E-state index contributed by atoms with van der Waals surface area (Å²) < 4.78 is 2.07. The molecule has 0 radical (unpaired) electrons. The van der Waals surface area contributed by atoms with Crippen LogP contribution in [0.4, 0.5) is 0 Å². The third-order valence-corrected chi connectivity index (χ3v) is 3.94. The van der Waals surface area contributed by atoms with E-state index in [0.717, 1.165) is 25.0 Å². The van der Waals surface area contributed by atoms with Crippen molar-refractivity contribution in [2.45, 2.75) is 12.8 Å². The first-order valence-electron chi connectivity index (χ1n) is 7.16. The van der Waals surface area contributed by atoms with E-state index in [-0.39, 0.29) is 0 Å². The SMILES string of the molecule is Cn1cnc2cc(CCCN3CCNCC3)ccc21. The third-order valence-electron chi connectivity index (χ3n) is 3.94. The minimum absolute atomic E-state index is 1.11. The number of rotatable bonds is 4. The van der Waals surface area contributed by atoms with Gasteiger partial charge in [-0.2, -0.15) is 0 Å². The van der Waals surface area contributed by atoms with Crippen LogP contribution in [0.2, 0.25) is 0 Å². The molecule has 4 heteroatoms. The van der Waals surface area contributed by atoms with Crippen LogP contribution < -0.4 is 5.32 Å². The summed E-state index contributed by atoms with van der Waals surface area (Å²) in [6.07, 6.45) is 4.27. The molecule has 102 valence electrons. The van der Waals surface area contributed by atoms with E-state index in [1.807, 2.05) is 13.4 Å². The predicted molar refractivity (Wildman–Crippen MR) is 78.3 cm³/mol. The first-order chi connectivity index (χ1) is 9.33. The lowest BCUT2D eigenvalue weighted by Gasteiger charge is -2.27. The molecule has 0 atom stereocenters. The molecule has 0 saturated carbocycles. The molecule has 0 aliphatic carbocycles. The quantitative estimate of drug-likeness (QED) is 0.900. The van der Waals surface area contributed by atoms with Gasteiger partial charge in [-0.1, -0.05) is 6.07 Å². The van der Waals surface area contributed by atoms with E-state index in [1.54, 1.807) is 0 Å². The fourth-order valence-electron chi connectivity index (χ4n) is 2.78. The van der Waals surface area contributed by atoms with Crippen molar-refractivity contribution < 1.29 is 0 Å². The van der Waals surface area contributed by atoms with Crippen molar-refractivity contribution in [3.8, 4) is 0 Å². The van der Waals surface area contributed by atoms with Gasteiger partial charge in [-0.15, -0.1) is 0 Å². The molecular weight excluding hydrogens is 236 g/mol. The van der Waals surface area contributed by atoms with Crippen molar-refractivity contribution in [3.63, 3.8) is 0 Å². The van der Waals surface area contributed by atoms with Crippen LogP contribution in [0.15, 0.2) is 24.5 Å². The summed E-state index contributed by atoms with van der Waals surface area (Å²) in [4.78, 5) is 6.97. The van der Waals surface area contributed by atoms with Crippen LogP contribution in [0.5, 0.6) is 0 Å². The monoisotopic (exact) mass is 258 g/mol. The summed E-state index contributed by atoms with van der Waals surface area (Å²) >= 11 is 0. The Morgan fingerprint density at radius 3 is 2.95 bits per heavy atom. The first kappa shape index (κ1) is 12.6. The van der Waals surface area contributed by atoms with Gasteiger partial charge in [0.15, 0.2) is 0 Å². The molecule has 1 aliphatic heterocycles. The Hall–Kier alpha value is -1.39. The molecule has 3 rings (SSSR count). The average molecular weight is 258 g/mol. The highest BCUT2D eigenvalue weighted by Gasteiger charge is 2.08. The Labute approximate surface area is 114 Å². The predicted octanol–water partition coefficient (Wildman–Crippen LogP) is 1.41. The van der Waals surface area contributed by atoms with Crippen LogP contribution >= 0.6 is 0 Å². The van der Waals surface area contributed by atoms with Crippen LogP contribution in [-0.4, -0.2) is 47.2 Å². The molecule has 2 aromatic rings. The van der Waals surface area contributed by atoms with Gasteiger partial charge in [-0.3, -0.25) is 0 Å². The number of imidazole rings is 1. The topological polar surface area (TPSA) is 33.1 Å². The van der Waals surface area contributed by atoms with Crippen molar-refractivity contribution in [2.24, 2.45) is 7.05 Å². The Morgan fingerprint density at radius 2 is 2.11 bits per heavy atom. The summed E-state index contributed by atoms with van der Waals surface area (Å²) in [6, 6.07) is 6.65. The number of nitrogens with zero attached hydrogens (tertiary/aromatic N) is 3. The molecule has 0 amide bonds. The smallest absolute Gasteiger partial charge is 0.0955 e. The number of aryl methyl sites for hydroxylation is 2. The van der Waals surface area contributed by atoms with E-state index in [4.69, 9.17) is 0 Å². The van der Waals surface area contributed by atoms with Gasteiger partial charge in [0.25, 0.3) is 0 Å². The maximum Gasteiger partial charge on any atom is 0.0955 e. The molecule has 2 heterocycles. The van der Waals surface area contributed by atoms with Crippen LogP contribution in [0.25, 0.3) is 11.0 Å². The minimum atomic E-state index is 1.11. The van der Waals surface area contributed by atoms with Gasteiger partial charge in [0.1, 0.15) is 0 Å². The van der Waals surface area contributed by atoms with Gasteiger partial charge < -0.3 is 14.8 Å². The second-order valence-corrected chi connectivity index (χ2v) is 5.37. The molecule has 1 aromatic carbocycles. The summed E-state index contributed by atoms with van der Waals surface area (Å²) in [6.45, 7) is 5.88. The Morgan fingerprint density at radius 1 is 1.26 bits per heavy atom. The van der Waals surface area contributed by atoms with Gasteiger partial charge in [0.2, 0.25) is 0 Å². The fraction of sp³-hybridized carbons (Fsp3) is 0.533. The summed E-state index contributed by atoms with van der Waals surface area (Å²) in [5.74, 6) is 0. The molecular formula is C15H22N4. The van der Waals surface area contributed by atoms with Gasteiger partial charge in [-0.25, -0.2) is 4.98 Å². The van der Waals surface area contributed by atoms with E-state index in [1.165, 1.54) is 37.1 Å². The zero-order chi connectivity index (χ0) is 13.1. The minimum Gasteiger partial charge on any atom is -0.334 e. The van der Waals surface area contributed by atoms with Gasteiger partial charge >= 0.3 is 0 Å². The summed E-state index contributed by atoms with van der Waals surface area (Å²) in [5, 5.41) is 3.39. The second kappa shape index (κ2) is 5.72. The van der Waals surface area contributed by atoms with Crippen molar-refractivity contribution in [1.29, 1.82) is 0 Å². The van der Waals surface area contributed by atoms with E-state index >= 15 is 0 Å². The third kappa shape index (κ3) is 2.96. The standard InChI is InChI=1S/C15H22N4/c1-18-12-17-14-11-13(4-5-15(14)18)3-2-8-19-9-6-16-7-10-19/h4-5,11-12,16H,2-3,6-10H2,1H3. The zero-order valence-electron chi connectivity index (χ0n) is 11.6. The zero-order valence-corrected chi connectivity index (χ0v) is 11.6. The second-order valence-electron chi connectivity index (χ2n) is 5.37. The molecule has 1 aromatic heterocycles. The lowest BCUT2D eigenvalue weighted by Crippen LogP contribution is -2.43. The number of piperazine rings is 1. The molecule has 1 N–H and O–H groups in total. The number of hydrogen-bond donors (Lipinski definition) is 1. The highest BCUT2D eigenvalue weighted by Crippen LogP contribution is 2.15. The molecule has 1 aliphatic rings. The fourth-order valence-corrected chi connectivity index (χ4v) is 2.78. The van der Waals surface area contributed by atoms with Crippen molar-refractivity contribution >= 4 is 11.0 Å². The van der Waals surface area contributed by atoms with Crippen molar-refractivity contribution in [2.75, 3.05) is 32.7 Å². The Balaban J connectivity index is 1.56. The normalized spacial score (nSPS) is 17.1. The molecule has 0 unspecified atom stereocenters. The molecule has 19 heavy (non-hydrogen) atoms. The summed E-state index contributed by atoms with van der Waals surface area (Å²) in [5.41, 5.74) is 3.73. The van der Waals surface area contributed by atoms with Gasteiger partial charge in [0.05, 0.1) is 17.4 Å². The number of fused-ring (bicyclic) bond motifs is 1. The molecule has 1 saturated heterocycles. The molecule has 1 fully saturated rings. The average Bonchev–Trinajstić information content (AvgIpc) is 2.81. The molecule has 0 spiro atoms. The Bertz CT molecular complexity index is 540. The lowest BCUT2D eigenvalue weighted by atomic mass is 10.1. The highest BCUT2D eigenvalue weighted by molar-refractivity contribution is 5.75. The maximum absolute atomic E-state index is 4.42. The maximum atomic E-state index is 4.42. The van der Waals surface area contributed by atoms with Crippen molar-refractivity contribution in [3.05, 3.63) is 30.1 Å². The van der Waals surface area contributed by atoms with E-state index < -0.39 is 0 Å². The molecule has 4 nitrogen and oxygen atoms in total. The first-order valence-corrected chi connectivity index (χ1v) is 7.16. The van der Waals surface area contributed by atoms with Crippen LogP contribution in [0.1, 0.15) is 12.0 Å². The lowest BCUT2D eigenvalue weighted by molar-refractivity contribution is 0.238. The highest BCUT2D eigenvalue weighted by atomic mass is 15.2. The number of hydrogen-bond acceptors (Lipinski definition) is 3. The van der Waals surface area contributed by atoms with E-state index in [0.29, 0.717) is 0 Å². The van der Waals surface area contributed by atoms with Crippen LogP contribution in [-0.2, 0) is 13.5 Å². The van der Waals surface area contributed by atoms with Gasteiger partial charge in [0, 0.05) is 33.2 Å². The van der Waals surface area contributed by atoms with E-state index in [2.05, 4.69) is 38.0 Å². The number of aromatic nitrogens is 2. The molecule has 0 bridgehead atoms. The van der Waals surface area contributed by atoms with Crippen LogP contribution in [0, 0.1) is 0 Å². The summed E-state index contributed by atoms with van der Waals surface area (Å²) in [7, 11) is 2.04. The Kier molecular flexibility index (Phi) is 3.80. The van der Waals surface area contributed by atoms with Crippen molar-refractivity contribution in [1.82, 2.24) is 19.8 Å². The largest absolute Gasteiger partial charge is 0.334 e. The number of benzene rings is 1. The van der Waals surface area contributed by atoms with Gasteiger partial charge in [-0.05, 0) is 37.1 Å². The van der Waals surface area contributed by atoms with E-state index in [9.17, 15) is 0 Å².